The Bertz CT molecular complexity index is 166. The molecule has 0 aromatic carbocycles. The third kappa shape index (κ3) is 182. The summed E-state index contributed by atoms with van der Waals surface area (Å²) in [7, 11) is -4.92. The summed E-state index contributed by atoms with van der Waals surface area (Å²) in [5, 5.41) is 14.8. The first-order valence-electron chi connectivity index (χ1n) is 1.23. The van der Waals surface area contributed by atoms with Crippen molar-refractivity contribution in [2.45, 2.75) is 0 Å². The van der Waals surface area contributed by atoms with Crippen molar-refractivity contribution in [3.05, 3.63) is 15.3 Å². The summed E-state index contributed by atoms with van der Waals surface area (Å²) in [5.41, 5.74) is 0. The van der Waals surface area contributed by atoms with E-state index < -0.39 is 15.5 Å². The Morgan fingerprint density at radius 2 is 1.08 bits per heavy atom. The topological polar surface area (TPSA) is 144 Å². The predicted octanol–water partition coefficient (Wildman–Crippen LogP) is -13.2. The van der Waals surface area contributed by atoms with Gasteiger partial charge < -0.3 is 32.3 Å². The first-order valence-corrected chi connectivity index (χ1v) is 2.60. The smallest absolute Gasteiger partial charge is 1.00 e. The van der Waals surface area contributed by atoms with Crippen LogP contribution in [0.5, 0.6) is 0 Å². The fourth-order valence-corrected chi connectivity index (χ4v) is 0. The van der Waals surface area contributed by atoms with Gasteiger partial charge in [0.2, 0.25) is 10.4 Å². The minimum Gasteiger partial charge on any atom is -1.00 e. The Labute approximate surface area is 208 Å². The van der Waals surface area contributed by atoms with Crippen LogP contribution in [0, 0.1) is 15.3 Å². The Hall–Kier alpha value is 4.27. The molecule has 0 aliphatic heterocycles. The van der Waals surface area contributed by atoms with Crippen LogP contribution in [0.1, 0.15) is 0 Å². The summed E-state index contributed by atoms with van der Waals surface area (Å²) >= 11 is 0. The average molecular weight is 312 g/mol. The molecule has 0 atom stereocenters. The molecule has 0 aliphatic rings. The second kappa shape index (κ2) is 21.5. The minimum atomic E-state index is -4.92. The van der Waals surface area contributed by atoms with Gasteiger partial charge in [0.1, 0.15) is 0 Å². The summed E-state index contributed by atoms with van der Waals surface area (Å²) in [5.74, 6) is 0. The predicted molar refractivity (Wildman–Crippen MR) is 22.7 cm³/mol. The zero-order chi connectivity index (χ0) is 8.08. The van der Waals surface area contributed by atoms with Crippen LogP contribution in [0.4, 0.5) is 0 Å². The first-order chi connectivity index (χ1) is 3.73. The molecule has 1 N–H and O–H groups in total. The van der Waals surface area contributed by atoms with E-state index in [0.29, 0.717) is 0 Å². The minimum absolute atomic E-state index is 0. The third-order valence-corrected chi connectivity index (χ3v) is 0. The second-order valence-electron chi connectivity index (χ2n) is 0.651. The molecule has 13 heavy (non-hydrogen) atoms. The van der Waals surface area contributed by atoms with Crippen LogP contribution >= 0.6 is 0 Å². The second-order valence-corrected chi connectivity index (χ2v) is 1.51. The maximum Gasteiger partial charge on any atom is 1.00 e. The van der Waals surface area contributed by atoms with Crippen LogP contribution in [0.15, 0.2) is 0 Å². The zero-order valence-electron chi connectivity index (χ0n) is 7.13. The van der Waals surface area contributed by atoms with Gasteiger partial charge in [-0.15, -0.1) is 0 Å². The quantitative estimate of drug-likeness (QED) is 0.154. The fraction of sp³-hybridized carbons (Fsp3) is 0. The summed E-state index contributed by atoms with van der Waals surface area (Å²) in [6.07, 6.45) is 0. The summed E-state index contributed by atoms with van der Waals surface area (Å²) < 4.78 is 32.8. The molecule has 0 heterocycles. The van der Waals surface area contributed by atoms with Crippen LogP contribution in [-0.2, 0) is 10.4 Å². The molecule has 0 radical (unpaired) electrons. The number of halogens is 1. The number of nitrogens with zero attached hydrogens (tertiary/aromatic N) is 1. The Kier molecular flexibility index (Phi) is 59.6. The molecule has 64 valence electrons. The third-order valence-electron chi connectivity index (χ3n) is 0. The van der Waals surface area contributed by atoms with E-state index in [4.69, 9.17) is 32.8 Å². The van der Waals surface area contributed by atoms with Crippen molar-refractivity contribution in [1.29, 1.82) is 0 Å². The normalized spacial score (nSPS) is 6.31. The van der Waals surface area contributed by atoms with Gasteiger partial charge in [-0.2, -0.15) is 0 Å². The number of hydrogen-bond donors (Lipinski definition) is 1. The van der Waals surface area contributed by atoms with Crippen LogP contribution in [0.3, 0.4) is 0 Å². The Balaban J connectivity index is -0.0000000146. The van der Waals surface area contributed by atoms with E-state index in [0.717, 1.165) is 0 Å². The molecule has 0 aromatic rings. The first kappa shape index (κ1) is 36.0. The SMILES string of the molecule is O=S(=O)([O-])O.O=[N+]([O-])[O-].[Cl-].[K+].[K+].[K+]. The molecule has 8 nitrogen and oxygen atoms in total. The van der Waals surface area contributed by atoms with E-state index in [9.17, 15) is 0 Å². The molecular weight excluding hydrogens is 311 g/mol. The van der Waals surface area contributed by atoms with Crippen molar-refractivity contribution >= 4 is 10.4 Å². The van der Waals surface area contributed by atoms with Gasteiger partial charge in [-0.1, -0.05) is 0 Å². The van der Waals surface area contributed by atoms with Crippen LogP contribution in [0.25, 0.3) is 0 Å². The molecule has 0 bridgehead atoms. The van der Waals surface area contributed by atoms with Gasteiger partial charge in [-0.3, -0.25) is 4.55 Å². The molecule has 13 heteroatoms. The molecular formula is HClK3NO7S. The Morgan fingerprint density at radius 3 is 1.08 bits per heavy atom. The number of hydrogen-bond acceptors (Lipinski definition) is 6. The molecule has 0 spiro atoms. The van der Waals surface area contributed by atoms with Crippen molar-refractivity contribution in [1.82, 2.24) is 0 Å². The molecule has 0 saturated heterocycles. The van der Waals surface area contributed by atoms with E-state index in [2.05, 4.69) is 0 Å². The van der Waals surface area contributed by atoms with E-state index in [1.165, 1.54) is 0 Å². The standard InChI is InChI=1S/ClH.3K.NO3.H2O4S/c;;;;2-1(3)4;1-5(2,3)4/h1H;;;;;(H2,1,2,3,4)/q;3*+1;-1;/p-2. The van der Waals surface area contributed by atoms with Crippen LogP contribution in [0.2, 0.25) is 0 Å². The maximum absolute atomic E-state index is 8.63. The average Bonchev–Trinajstić information content (AvgIpc) is 1.19. The van der Waals surface area contributed by atoms with Crippen LogP contribution in [-0.4, -0.2) is 22.6 Å². The summed E-state index contributed by atoms with van der Waals surface area (Å²) in [4.78, 5) is 8.25. The fourth-order valence-electron chi connectivity index (χ4n) is 0. The van der Waals surface area contributed by atoms with Crippen molar-refractivity contribution in [2.75, 3.05) is 0 Å². The number of rotatable bonds is 0. The largest absolute Gasteiger partial charge is 1.00 e. The van der Waals surface area contributed by atoms with Crippen molar-refractivity contribution < 1.29 is 189 Å². The molecule has 0 aromatic heterocycles. The van der Waals surface area contributed by atoms with Crippen molar-refractivity contribution in [2.24, 2.45) is 0 Å². The summed E-state index contributed by atoms with van der Waals surface area (Å²) in [6, 6.07) is 0. The zero-order valence-corrected chi connectivity index (χ0v) is 18.1. The van der Waals surface area contributed by atoms with E-state index in [-0.39, 0.29) is 167 Å². The van der Waals surface area contributed by atoms with E-state index in [1.54, 1.807) is 0 Å². The van der Waals surface area contributed by atoms with Crippen molar-refractivity contribution in [3.8, 4) is 0 Å². The van der Waals surface area contributed by atoms with Gasteiger partial charge in [-0.05, 0) is 0 Å². The molecule has 0 fully saturated rings. The van der Waals surface area contributed by atoms with Gasteiger partial charge in [0.05, 0.1) is 5.09 Å². The van der Waals surface area contributed by atoms with E-state index >= 15 is 0 Å². The van der Waals surface area contributed by atoms with E-state index in [1.807, 2.05) is 0 Å². The van der Waals surface area contributed by atoms with Gasteiger partial charge in [0.15, 0.2) is 0 Å². The molecule has 0 aliphatic carbocycles. The van der Waals surface area contributed by atoms with Gasteiger partial charge in [0.25, 0.3) is 0 Å². The van der Waals surface area contributed by atoms with Crippen molar-refractivity contribution in [3.63, 3.8) is 0 Å². The van der Waals surface area contributed by atoms with Gasteiger partial charge >= 0.3 is 154 Å². The van der Waals surface area contributed by atoms with Gasteiger partial charge in [-0.25, -0.2) is 8.42 Å². The monoisotopic (exact) mass is 311 g/mol. The van der Waals surface area contributed by atoms with Gasteiger partial charge in [0, 0.05) is 0 Å². The molecule has 0 unspecified atom stereocenters. The van der Waals surface area contributed by atoms with Crippen LogP contribution < -0.4 is 167 Å². The Morgan fingerprint density at radius 1 is 1.08 bits per heavy atom. The molecule has 0 amide bonds. The molecule has 0 saturated carbocycles. The summed E-state index contributed by atoms with van der Waals surface area (Å²) in [6.45, 7) is 0. The molecule has 0 rings (SSSR count). The maximum atomic E-state index is 8.63.